The summed E-state index contributed by atoms with van der Waals surface area (Å²) in [4.78, 5) is 25.3. The minimum absolute atomic E-state index is 0.183. The summed E-state index contributed by atoms with van der Waals surface area (Å²) in [5, 5.41) is 13.9. The monoisotopic (exact) mass is 366 g/mol. The van der Waals surface area contributed by atoms with E-state index in [1.807, 2.05) is 48.7 Å². The third-order valence-corrected chi connectivity index (χ3v) is 5.07. The Bertz CT molecular complexity index is 922. The van der Waals surface area contributed by atoms with Gasteiger partial charge in [-0.2, -0.15) is 0 Å². The number of amides is 2. The van der Waals surface area contributed by atoms with E-state index in [1.165, 1.54) is 11.3 Å². The first-order chi connectivity index (χ1) is 12.6. The largest absolute Gasteiger partial charge is 0.321 e. The van der Waals surface area contributed by atoms with Gasteiger partial charge in [0.1, 0.15) is 0 Å². The molecule has 26 heavy (non-hydrogen) atoms. The average Bonchev–Trinajstić information content (AvgIpc) is 3.09. The summed E-state index contributed by atoms with van der Waals surface area (Å²) in [6.45, 7) is 1.89. The van der Waals surface area contributed by atoms with Crippen LogP contribution in [0, 0.1) is 6.92 Å². The lowest BCUT2D eigenvalue weighted by Crippen LogP contribution is -2.27. The van der Waals surface area contributed by atoms with Gasteiger partial charge in [0.25, 0.3) is 11.8 Å². The van der Waals surface area contributed by atoms with Crippen LogP contribution in [0.3, 0.4) is 0 Å². The summed E-state index contributed by atoms with van der Waals surface area (Å²) in [6.07, 6.45) is 0. The highest BCUT2D eigenvalue weighted by atomic mass is 32.1. The van der Waals surface area contributed by atoms with E-state index in [4.69, 9.17) is 5.21 Å². The standard InChI is InChI=1S/C20H18N2O3S/c1-13-10-11-26-18(13)20(24)21-16-9-5-8-15(12-16)17(19(23)22-25)14-6-3-2-4-7-14/h2-12,17,25H,1H3,(H,21,24)(H,22,23). The normalized spacial score (nSPS) is 11.6. The topological polar surface area (TPSA) is 78.4 Å². The number of aryl methyl sites for hydroxylation is 1. The smallest absolute Gasteiger partial charge is 0.265 e. The molecule has 0 bridgehead atoms. The molecule has 0 radical (unpaired) electrons. The summed E-state index contributed by atoms with van der Waals surface area (Å²) >= 11 is 1.38. The van der Waals surface area contributed by atoms with Crippen LogP contribution in [-0.2, 0) is 4.79 Å². The summed E-state index contributed by atoms with van der Waals surface area (Å²) in [5.41, 5.74) is 4.66. The molecule has 1 atom stereocenters. The summed E-state index contributed by atoms with van der Waals surface area (Å²) < 4.78 is 0. The number of nitrogens with one attached hydrogen (secondary N) is 2. The number of hydrogen-bond donors (Lipinski definition) is 3. The average molecular weight is 366 g/mol. The molecule has 0 spiro atoms. The van der Waals surface area contributed by atoms with E-state index in [0.29, 0.717) is 16.1 Å². The van der Waals surface area contributed by atoms with Crippen LogP contribution in [-0.4, -0.2) is 17.0 Å². The van der Waals surface area contributed by atoms with E-state index >= 15 is 0 Å². The van der Waals surface area contributed by atoms with Gasteiger partial charge < -0.3 is 5.32 Å². The molecule has 0 saturated heterocycles. The lowest BCUT2D eigenvalue weighted by molar-refractivity contribution is -0.129. The van der Waals surface area contributed by atoms with Crippen molar-refractivity contribution < 1.29 is 14.8 Å². The van der Waals surface area contributed by atoms with Crippen molar-refractivity contribution in [3.05, 3.63) is 87.6 Å². The Morgan fingerprint density at radius 1 is 1.00 bits per heavy atom. The number of rotatable bonds is 5. The van der Waals surface area contributed by atoms with Crippen molar-refractivity contribution in [2.45, 2.75) is 12.8 Å². The molecule has 1 aromatic heterocycles. The SMILES string of the molecule is Cc1ccsc1C(=O)Nc1cccc(C(C(=O)NO)c2ccccc2)c1. The van der Waals surface area contributed by atoms with Crippen LogP contribution in [0.25, 0.3) is 0 Å². The zero-order valence-corrected chi connectivity index (χ0v) is 14.9. The number of hydroxylamine groups is 1. The fraction of sp³-hybridized carbons (Fsp3) is 0.100. The second-order valence-electron chi connectivity index (χ2n) is 5.83. The molecule has 5 nitrogen and oxygen atoms in total. The van der Waals surface area contributed by atoms with Gasteiger partial charge >= 0.3 is 0 Å². The lowest BCUT2D eigenvalue weighted by Gasteiger charge is -2.17. The highest BCUT2D eigenvalue weighted by Gasteiger charge is 2.23. The highest BCUT2D eigenvalue weighted by Crippen LogP contribution is 2.27. The third kappa shape index (κ3) is 3.82. The number of carbonyl (C=O) groups is 2. The molecule has 2 aromatic carbocycles. The van der Waals surface area contributed by atoms with Gasteiger partial charge in [-0.15, -0.1) is 11.3 Å². The zero-order valence-electron chi connectivity index (χ0n) is 14.1. The number of thiophene rings is 1. The van der Waals surface area contributed by atoms with Crippen LogP contribution in [0.15, 0.2) is 66.0 Å². The zero-order chi connectivity index (χ0) is 18.5. The predicted octanol–water partition coefficient (Wildman–Crippen LogP) is 3.95. The highest BCUT2D eigenvalue weighted by molar-refractivity contribution is 7.12. The molecule has 0 aliphatic heterocycles. The van der Waals surface area contributed by atoms with E-state index in [9.17, 15) is 9.59 Å². The van der Waals surface area contributed by atoms with Crippen molar-refractivity contribution in [1.29, 1.82) is 0 Å². The Hall–Kier alpha value is -2.96. The van der Waals surface area contributed by atoms with Crippen molar-refractivity contribution in [3.8, 4) is 0 Å². The van der Waals surface area contributed by atoms with Crippen molar-refractivity contribution in [2.24, 2.45) is 0 Å². The Labute approximate surface area is 155 Å². The number of carbonyl (C=O) groups excluding carboxylic acids is 2. The maximum atomic E-state index is 12.4. The molecule has 1 heterocycles. The van der Waals surface area contributed by atoms with Crippen molar-refractivity contribution in [3.63, 3.8) is 0 Å². The van der Waals surface area contributed by atoms with Gasteiger partial charge in [0.15, 0.2) is 0 Å². The van der Waals surface area contributed by atoms with E-state index in [1.54, 1.807) is 29.7 Å². The molecular weight excluding hydrogens is 348 g/mol. The summed E-state index contributed by atoms with van der Waals surface area (Å²) in [6, 6.07) is 18.1. The molecule has 0 aliphatic carbocycles. The lowest BCUT2D eigenvalue weighted by atomic mass is 9.90. The number of anilines is 1. The first kappa shape index (κ1) is 17.8. The molecule has 3 aromatic rings. The molecule has 0 aliphatic rings. The minimum atomic E-state index is -0.679. The van der Waals surface area contributed by atoms with Crippen LogP contribution in [0.5, 0.6) is 0 Å². The summed E-state index contributed by atoms with van der Waals surface area (Å²) in [5.74, 6) is -1.40. The van der Waals surface area contributed by atoms with Crippen molar-refractivity contribution in [2.75, 3.05) is 5.32 Å². The Morgan fingerprint density at radius 3 is 2.38 bits per heavy atom. The second kappa shape index (κ2) is 7.95. The van der Waals surface area contributed by atoms with Gasteiger partial charge in [-0.3, -0.25) is 14.8 Å². The Kier molecular flexibility index (Phi) is 5.46. The van der Waals surface area contributed by atoms with Crippen molar-refractivity contribution in [1.82, 2.24) is 5.48 Å². The fourth-order valence-corrected chi connectivity index (χ4v) is 3.61. The molecule has 0 fully saturated rings. The van der Waals surface area contributed by atoms with Gasteiger partial charge in [0.05, 0.1) is 10.8 Å². The molecule has 132 valence electrons. The van der Waals surface area contributed by atoms with Crippen LogP contribution in [0.4, 0.5) is 5.69 Å². The maximum Gasteiger partial charge on any atom is 0.265 e. The quantitative estimate of drug-likeness (QED) is 0.473. The number of benzene rings is 2. The predicted molar refractivity (Wildman–Crippen MR) is 102 cm³/mol. The molecule has 0 saturated carbocycles. The molecule has 3 rings (SSSR count). The first-order valence-electron chi connectivity index (χ1n) is 8.04. The molecule has 2 amide bonds. The van der Waals surface area contributed by atoms with E-state index in [-0.39, 0.29) is 5.91 Å². The fourth-order valence-electron chi connectivity index (χ4n) is 2.79. The van der Waals surface area contributed by atoms with Gasteiger partial charge in [-0.1, -0.05) is 42.5 Å². The van der Waals surface area contributed by atoms with E-state index in [2.05, 4.69) is 5.32 Å². The van der Waals surface area contributed by atoms with Crippen LogP contribution in [0.1, 0.15) is 32.3 Å². The van der Waals surface area contributed by atoms with Gasteiger partial charge in [0.2, 0.25) is 0 Å². The van der Waals surface area contributed by atoms with Gasteiger partial charge in [-0.25, -0.2) is 5.48 Å². The first-order valence-corrected chi connectivity index (χ1v) is 8.92. The number of hydrogen-bond acceptors (Lipinski definition) is 4. The molecule has 1 unspecified atom stereocenters. The minimum Gasteiger partial charge on any atom is -0.321 e. The Balaban J connectivity index is 1.90. The van der Waals surface area contributed by atoms with E-state index < -0.39 is 11.8 Å². The maximum absolute atomic E-state index is 12.4. The second-order valence-corrected chi connectivity index (χ2v) is 6.75. The molecule has 3 N–H and O–H groups in total. The third-order valence-electron chi connectivity index (χ3n) is 4.05. The van der Waals surface area contributed by atoms with E-state index in [0.717, 1.165) is 11.1 Å². The van der Waals surface area contributed by atoms with Crippen molar-refractivity contribution >= 4 is 28.8 Å². The van der Waals surface area contributed by atoms with Crippen LogP contribution < -0.4 is 10.8 Å². The molecule has 6 heteroatoms. The molecular formula is C20H18N2O3S. The van der Waals surface area contributed by atoms with Gasteiger partial charge in [-0.05, 0) is 47.2 Å². The Morgan fingerprint density at radius 2 is 1.73 bits per heavy atom. The van der Waals surface area contributed by atoms with Gasteiger partial charge in [0, 0.05) is 5.69 Å². The van der Waals surface area contributed by atoms with Crippen LogP contribution >= 0.6 is 11.3 Å². The summed E-state index contributed by atoms with van der Waals surface area (Å²) in [7, 11) is 0. The van der Waals surface area contributed by atoms with Crippen LogP contribution in [0.2, 0.25) is 0 Å².